The minimum atomic E-state index is 0.682. The van der Waals surface area contributed by atoms with Crippen molar-refractivity contribution in [3.8, 4) is 0 Å². The summed E-state index contributed by atoms with van der Waals surface area (Å²) in [5, 5.41) is 2.32. The van der Waals surface area contributed by atoms with E-state index in [2.05, 4.69) is 28.2 Å². The van der Waals surface area contributed by atoms with E-state index in [9.17, 15) is 0 Å². The Morgan fingerprint density at radius 3 is 2.95 bits per heavy atom. The maximum Gasteiger partial charge on any atom is 0.205 e. The zero-order chi connectivity index (χ0) is 14.2. The number of anilines is 1. The molecule has 21 heavy (non-hydrogen) atoms. The van der Waals surface area contributed by atoms with E-state index in [0.29, 0.717) is 17.3 Å². The number of benzene rings is 2. The number of fused-ring (bicyclic) bond motifs is 2. The van der Waals surface area contributed by atoms with Crippen LogP contribution in [0.15, 0.2) is 58.0 Å². The molecule has 2 heterocycles. The van der Waals surface area contributed by atoms with Gasteiger partial charge in [-0.25, -0.2) is 4.98 Å². The molecule has 0 saturated heterocycles. The minimum absolute atomic E-state index is 0.682. The third-order valence-electron chi connectivity index (χ3n) is 3.31. The van der Waals surface area contributed by atoms with Crippen LogP contribution in [0.4, 0.5) is 5.69 Å². The Morgan fingerprint density at radius 1 is 1.14 bits per heavy atom. The Kier molecular flexibility index (Phi) is 2.86. The molecule has 0 fully saturated rings. The maximum absolute atomic E-state index is 5.74. The van der Waals surface area contributed by atoms with Gasteiger partial charge in [-0.2, -0.15) is 0 Å². The van der Waals surface area contributed by atoms with Gasteiger partial charge in [0.25, 0.3) is 0 Å². The van der Waals surface area contributed by atoms with Crippen molar-refractivity contribution in [1.29, 1.82) is 0 Å². The van der Waals surface area contributed by atoms with E-state index in [1.165, 1.54) is 5.39 Å². The van der Waals surface area contributed by atoms with Crippen LogP contribution in [0.2, 0.25) is 0 Å². The van der Waals surface area contributed by atoms with Gasteiger partial charge in [0.05, 0.1) is 10.8 Å². The molecule has 0 unspecified atom stereocenters. The van der Waals surface area contributed by atoms with E-state index in [4.69, 9.17) is 10.2 Å². The number of rotatable bonds is 3. The van der Waals surface area contributed by atoms with Crippen molar-refractivity contribution in [3.05, 3.63) is 54.4 Å². The topological polar surface area (TPSA) is 67.8 Å². The molecule has 0 aliphatic carbocycles. The Hall–Kier alpha value is -2.40. The van der Waals surface area contributed by atoms with E-state index < -0.39 is 0 Å². The van der Waals surface area contributed by atoms with Gasteiger partial charge in [-0.15, -0.1) is 0 Å². The normalized spacial score (nSPS) is 11.4. The molecule has 0 saturated carbocycles. The Bertz CT molecular complexity index is 892. The van der Waals surface area contributed by atoms with Crippen LogP contribution < -0.4 is 5.73 Å². The fourth-order valence-corrected chi connectivity index (χ4v) is 3.11. The number of nitrogens with two attached hydrogens (primary N) is 1. The molecule has 0 radical (unpaired) electrons. The molecule has 0 bridgehead atoms. The molecular formula is C16H13N3OS. The van der Waals surface area contributed by atoms with Crippen molar-refractivity contribution < 1.29 is 4.42 Å². The van der Waals surface area contributed by atoms with Crippen LogP contribution in [-0.2, 0) is 5.75 Å². The number of aromatic amines is 1. The highest BCUT2D eigenvalue weighted by Crippen LogP contribution is 2.27. The molecule has 0 spiro atoms. The highest BCUT2D eigenvalue weighted by molar-refractivity contribution is 7.98. The fourth-order valence-electron chi connectivity index (χ4n) is 2.31. The van der Waals surface area contributed by atoms with Gasteiger partial charge in [-0.3, -0.25) is 0 Å². The number of hydrogen-bond acceptors (Lipinski definition) is 4. The van der Waals surface area contributed by atoms with Crippen molar-refractivity contribution in [2.24, 2.45) is 0 Å². The lowest BCUT2D eigenvalue weighted by atomic mass is 10.3. The Morgan fingerprint density at radius 2 is 2.05 bits per heavy atom. The quantitative estimate of drug-likeness (QED) is 0.439. The molecule has 0 aliphatic heterocycles. The van der Waals surface area contributed by atoms with Gasteiger partial charge in [0.1, 0.15) is 5.52 Å². The second-order valence-corrected chi connectivity index (χ2v) is 5.86. The lowest BCUT2D eigenvalue weighted by Gasteiger charge is -1.93. The van der Waals surface area contributed by atoms with E-state index in [1.54, 1.807) is 17.8 Å². The standard InChI is InChI=1S/C16H13N3OS/c17-11-5-6-13-14(8-11)20-15(18-13)9-21-16-7-10-3-1-2-4-12(10)19-16/h1-8,19H,9,17H2. The Balaban J connectivity index is 1.57. The van der Waals surface area contributed by atoms with Crippen molar-refractivity contribution in [2.45, 2.75) is 10.8 Å². The van der Waals surface area contributed by atoms with Gasteiger partial charge >= 0.3 is 0 Å². The monoisotopic (exact) mass is 295 g/mol. The van der Waals surface area contributed by atoms with Crippen molar-refractivity contribution in [1.82, 2.24) is 9.97 Å². The molecule has 4 nitrogen and oxygen atoms in total. The van der Waals surface area contributed by atoms with Gasteiger partial charge < -0.3 is 15.1 Å². The number of para-hydroxylation sites is 1. The molecule has 104 valence electrons. The summed E-state index contributed by atoms with van der Waals surface area (Å²) in [6, 6.07) is 15.9. The third-order valence-corrected chi connectivity index (χ3v) is 4.24. The average Bonchev–Trinajstić information content (AvgIpc) is 3.07. The van der Waals surface area contributed by atoms with Crippen molar-refractivity contribution in [2.75, 3.05) is 5.73 Å². The van der Waals surface area contributed by atoms with Crippen LogP contribution in [0.3, 0.4) is 0 Å². The number of thioether (sulfide) groups is 1. The molecule has 0 aliphatic rings. The largest absolute Gasteiger partial charge is 0.440 e. The highest BCUT2D eigenvalue weighted by Gasteiger charge is 2.08. The first-order valence-corrected chi connectivity index (χ1v) is 7.62. The summed E-state index contributed by atoms with van der Waals surface area (Å²) >= 11 is 1.68. The second kappa shape index (κ2) is 4.86. The molecular weight excluding hydrogens is 282 g/mol. The van der Waals surface area contributed by atoms with Crippen LogP contribution in [0.5, 0.6) is 0 Å². The molecule has 4 rings (SSSR count). The van der Waals surface area contributed by atoms with Crippen LogP contribution >= 0.6 is 11.8 Å². The first kappa shape index (κ1) is 12.3. The Labute approximate surface area is 125 Å². The van der Waals surface area contributed by atoms with Gasteiger partial charge in [-0.05, 0) is 24.3 Å². The minimum Gasteiger partial charge on any atom is -0.440 e. The summed E-state index contributed by atoms with van der Waals surface area (Å²) in [6.07, 6.45) is 0. The van der Waals surface area contributed by atoms with Crippen LogP contribution in [0.25, 0.3) is 22.0 Å². The smallest absolute Gasteiger partial charge is 0.205 e. The summed E-state index contributed by atoms with van der Waals surface area (Å²) in [4.78, 5) is 7.85. The van der Waals surface area contributed by atoms with Gasteiger partial charge in [0.15, 0.2) is 5.58 Å². The number of nitrogen functional groups attached to an aromatic ring is 1. The molecule has 0 atom stereocenters. The molecule has 4 aromatic rings. The molecule has 2 aromatic carbocycles. The number of nitrogens with zero attached hydrogens (tertiary/aromatic N) is 1. The molecule has 5 heteroatoms. The van der Waals surface area contributed by atoms with E-state index in [-0.39, 0.29) is 0 Å². The van der Waals surface area contributed by atoms with Gasteiger partial charge in [0, 0.05) is 22.7 Å². The summed E-state index contributed by atoms with van der Waals surface area (Å²) in [7, 11) is 0. The molecule has 3 N–H and O–H groups in total. The van der Waals surface area contributed by atoms with Crippen LogP contribution in [-0.4, -0.2) is 9.97 Å². The zero-order valence-corrected chi connectivity index (χ0v) is 12.0. The van der Waals surface area contributed by atoms with Crippen LogP contribution in [0.1, 0.15) is 5.89 Å². The first-order chi connectivity index (χ1) is 10.3. The summed E-state index contributed by atoms with van der Waals surface area (Å²) in [5.74, 6) is 1.39. The summed E-state index contributed by atoms with van der Waals surface area (Å²) < 4.78 is 5.72. The van der Waals surface area contributed by atoms with E-state index in [1.807, 2.05) is 24.3 Å². The van der Waals surface area contributed by atoms with Crippen molar-refractivity contribution in [3.63, 3.8) is 0 Å². The lowest BCUT2D eigenvalue weighted by molar-refractivity contribution is 0.556. The summed E-state index contributed by atoms with van der Waals surface area (Å²) in [6.45, 7) is 0. The third kappa shape index (κ3) is 2.36. The molecule has 0 amide bonds. The summed E-state index contributed by atoms with van der Waals surface area (Å²) in [5.41, 5.74) is 9.16. The fraction of sp³-hybridized carbons (Fsp3) is 0.0625. The SMILES string of the molecule is Nc1ccc2nc(CSc3cc4ccccc4[nH]3)oc2c1. The lowest BCUT2D eigenvalue weighted by Crippen LogP contribution is -1.81. The molecule has 2 aromatic heterocycles. The first-order valence-electron chi connectivity index (χ1n) is 6.63. The van der Waals surface area contributed by atoms with Crippen molar-refractivity contribution >= 4 is 39.5 Å². The number of aromatic nitrogens is 2. The number of hydrogen-bond donors (Lipinski definition) is 2. The number of H-pyrrole nitrogens is 1. The van der Waals surface area contributed by atoms with Gasteiger partial charge in [-0.1, -0.05) is 30.0 Å². The number of oxazole rings is 1. The zero-order valence-electron chi connectivity index (χ0n) is 11.2. The van der Waals surface area contributed by atoms with E-state index >= 15 is 0 Å². The van der Waals surface area contributed by atoms with Crippen LogP contribution in [0, 0.1) is 0 Å². The average molecular weight is 295 g/mol. The highest BCUT2D eigenvalue weighted by atomic mass is 32.2. The number of nitrogens with one attached hydrogen (secondary N) is 1. The second-order valence-electron chi connectivity index (χ2n) is 4.84. The van der Waals surface area contributed by atoms with Gasteiger partial charge in [0.2, 0.25) is 5.89 Å². The predicted octanol–water partition coefficient (Wildman–Crippen LogP) is 4.18. The predicted molar refractivity (Wildman–Crippen MR) is 86.3 cm³/mol. The van der Waals surface area contributed by atoms with E-state index in [0.717, 1.165) is 21.6 Å². The maximum atomic E-state index is 5.74.